The van der Waals surface area contributed by atoms with Crippen LogP contribution >= 0.6 is 34.5 Å². The van der Waals surface area contributed by atoms with Crippen molar-refractivity contribution in [2.75, 3.05) is 7.11 Å². The Morgan fingerprint density at radius 2 is 2.09 bits per heavy atom. The van der Waals surface area contributed by atoms with Crippen LogP contribution in [0.1, 0.15) is 10.6 Å². The Labute approximate surface area is 141 Å². The topological polar surface area (TPSA) is 42.4 Å². The average Bonchev–Trinajstić information content (AvgIpc) is 2.94. The normalized spacial score (nSPS) is 11.9. The summed E-state index contributed by atoms with van der Waals surface area (Å²) in [6.45, 7) is 0. The molecule has 0 unspecified atom stereocenters. The van der Waals surface area contributed by atoms with E-state index in [9.17, 15) is 5.11 Å². The van der Waals surface area contributed by atoms with E-state index in [-0.39, 0.29) is 10.8 Å². The van der Waals surface area contributed by atoms with E-state index in [4.69, 9.17) is 27.9 Å². The van der Waals surface area contributed by atoms with Crippen LogP contribution < -0.4 is 4.74 Å². The van der Waals surface area contributed by atoms with E-state index in [1.807, 2.05) is 24.3 Å². The number of aromatic nitrogens is 1. The van der Waals surface area contributed by atoms with Gasteiger partial charge >= 0.3 is 0 Å². The van der Waals surface area contributed by atoms with E-state index in [2.05, 4.69) is 4.98 Å². The summed E-state index contributed by atoms with van der Waals surface area (Å²) in [4.78, 5) is 4.50. The van der Waals surface area contributed by atoms with Crippen LogP contribution in [0, 0.1) is 0 Å². The predicted molar refractivity (Wildman–Crippen MR) is 93.0 cm³/mol. The van der Waals surface area contributed by atoms with Crippen molar-refractivity contribution in [1.82, 2.24) is 4.98 Å². The third-order valence-corrected chi connectivity index (χ3v) is 4.82. The van der Waals surface area contributed by atoms with E-state index < -0.39 is 0 Å². The van der Waals surface area contributed by atoms with E-state index in [0.29, 0.717) is 10.8 Å². The molecule has 0 fully saturated rings. The summed E-state index contributed by atoms with van der Waals surface area (Å²) in [7, 11) is 1.47. The van der Waals surface area contributed by atoms with Gasteiger partial charge < -0.3 is 9.84 Å². The van der Waals surface area contributed by atoms with Gasteiger partial charge in [0, 0.05) is 0 Å². The van der Waals surface area contributed by atoms with Gasteiger partial charge in [-0.25, -0.2) is 4.98 Å². The Hall–Kier alpha value is -1.75. The molecule has 0 aliphatic rings. The maximum atomic E-state index is 9.75. The Morgan fingerprint density at radius 1 is 1.32 bits per heavy atom. The van der Waals surface area contributed by atoms with Crippen LogP contribution in [0.15, 0.2) is 36.4 Å². The number of para-hydroxylation sites is 1. The van der Waals surface area contributed by atoms with Crippen LogP contribution in [-0.2, 0) is 0 Å². The van der Waals surface area contributed by atoms with Gasteiger partial charge in [0.1, 0.15) is 5.01 Å². The molecule has 0 bridgehead atoms. The zero-order valence-corrected chi connectivity index (χ0v) is 13.8. The fourth-order valence-electron chi connectivity index (χ4n) is 2.02. The molecule has 0 aliphatic carbocycles. The summed E-state index contributed by atoms with van der Waals surface area (Å²) in [6, 6.07) is 11.1. The number of benzene rings is 2. The molecule has 0 atom stereocenters. The molecule has 0 saturated carbocycles. The molecule has 0 saturated heterocycles. The molecule has 0 radical (unpaired) electrons. The summed E-state index contributed by atoms with van der Waals surface area (Å²) < 4.78 is 6.16. The van der Waals surface area contributed by atoms with Crippen molar-refractivity contribution >= 4 is 55.9 Å². The monoisotopic (exact) mass is 351 g/mol. The molecule has 1 aromatic heterocycles. The molecule has 6 heteroatoms. The first kappa shape index (κ1) is 15.2. The molecule has 112 valence electrons. The number of ether oxygens (including phenoxy) is 1. The van der Waals surface area contributed by atoms with Gasteiger partial charge in [0.25, 0.3) is 0 Å². The summed E-state index contributed by atoms with van der Waals surface area (Å²) in [5, 5.41) is 11.2. The lowest BCUT2D eigenvalue weighted by molar-refractivity contribution is 0.373. The molecule has 3 aromatic rings. The SMILES string of the molecule is COc1cc(/C=C(\Cl)c2nc3ccccc3s2)cc(Cl)c1O. The Balaban J connectivity index is 2.02. The molecular formula is C16H11Cl2NO2S. The van der Waals surface area contributed by atoms with Gasteiger partial charge in [-0.1, -0.05) is 35.3 Å². The maximum absolute atomic E-state index is 9.75. The van der Waals surface area contributed by atoms with Crippen molar-refractivity contribution in [2.24, 2.45) is 0 Å². The highest BCUT2D eigenvalue weighted by atomic mass is 35.5. The molecule has 0 amide bonds. The molecule has 0 aliphatic heterocycles. The summed E-state index contributed by atoms with van der Waals surface area (Å²) in [5.41, 5.74) is 1.64. The number of phenolic OH excluding ortho intramolecular Hbond substituents is 1. The number of phenols is 1. The van der Waals surface area contributed by atoms with E-state index in [1.165, 1.54) is 18.4 Å². The van der Waals surface area contributed by atoms with Gasteiger partial charge in [0.15, 0.2) is 11.5 Å². The van der Waals surface area contributed by atoms with Crippen molar-refractivity contribution in [3.05, 3.63) is 52.0 Å². The van der Waals surface area contributed by atoms with Crippen LogP contribution in [0.25, 0.3) is 21.3 Å². The Bertz CT molecular complexity index is 841. The van der Waals surface area contributed by atoms with Crippen LogP contribution in [0.2, 0.25) is 5.02 Å². The van der Waals surface area contributed by atoms with Crippen molar-refractivity contribution in [1.29, 1.82) is 0 Å². The van der Waals surface area contributed by atoms with Crippen molar-refractivity contribution < 1.29 is 9.84 Å². The quantitative estimate of drug-likeness (QED) is 0.686. The molecular weight excluding hydrogens is 341 g/mol. The van der Waals surface area contributed by atoms with Gasteiger partial charge in [0.05, 0.1) is 27.4 Å². The first-order chi connectivity index (χ1) is 10.6. The number of rotatable bonds is 3. The van der Waals surface area contributed by atoms with Crippen LogP contribution in [0.5, 0.6) is 11.5 Å². The van der Waals surface area contributed by atoms with Crippen molar-refractivity contribution in [3.63, 3.8) is 0 Å². The highest BCUT2D eigenvalue weighted by molar-refractivity contribution is 7.20. The second-order valence-electron chi connectivity index (χ2n) is 4.53. The van der Waals surface area contributed by atoms with Crippen LogP contribution in [-0.4, -0.2) is 17.2 Å². The number of nitrogens with zero attached hydrogens (tertiary/aromatic N) is 1. The largest absolute Gasteiger partial charge is 0.503 e. The highest BCUT2D eigenvalue weighted by Crippen LogP contribution is 2.37. The number of halogens is 2. The van der Waals surface area contributed by atoms with Gasteiger partial charge in [-0.3, -0.25) is 0 Å². The van der Waals surface area contributed by atoms with Crippen molar-refractivity contribution in [2.45, 2.75) is 0 Å². The van der Waals surface area contributed by atoms with Crippen LogP contribution in [0.3, 0.4) is 0 Å². The second kappa shape index (κ2) is 6.16. The lowest BCUT2D eigenvalue weighted by Crippen LogP contribution is -1.86. The number of hydrogen-bond donors (Lipinski definition) is 1. The highest BCUT2D eigenvalue weighted by Gasteiger charge is 2.10. The third-order valence-electron chi connectivity index (χ3n) is 3.06. The van der Waals surface area contributed by atoms with Gasteiger partial charge in [-0.2, -0.15) is 0 Å². The lowest BCUT2D eigenvalue weighted by atomic mass is 10.2. The molecule has 0 spiro atoms. The number of thiazole rings is 1. The maximum Gasteiger partial charge on any atom is 0.176 e. The fourth-order valence-corrected chi connectivity index (χ4v) is 3.39. The smallest absolute Gasteiger partial charge is 0.176 e. The average molecular weight is 352 g/mol. The summed E-state index contributed by atoms with van der Waals surface area (Å²) in [6.07, 6.45) is 1.74. The number of aromatic hydroxyl groups is 1. The zero-order valence-electron chi connectivity index (χ0n) is 11.5. The predicted octanol–water partition coefficient (Wildman–Crippen LogP) is 5.40. The first-order valence-corrected chi connectivity index (χ1v) is 7.95. The molecule has 22 heavy (non-hydrogen) atoms. The van der Waals surface area contributed by atoms with Crippen molar-refractivity contribution in [3.8, 4) is 11.5 Å². The van der Waals surface area contributed by atoms with Gasteiger partial charge in [0.2, 0.25) is 0 Å². The summed E-state index contributed by atoms with van der Waals surface area (Å²) in [5.74, 6) is 0.213. The fraction of sp³-hybridized carbons (Fsp3) is 0.0625. The minimum absolute atomic E-state index is 0.0857. The minimum Gasteiger partial charge on any atom is -0.503 e. The van der Waals surface area contributed by atoms with E-state index in [1.54, 1.807) is 18.2 Å². The summed E-state index contributed by atoms with van der Waals surface area (Å²) >= 11 is 13.9. The van der Waals surface area contributed by atoms with Gasteiger partial charge in [-0.15, -0.1) is 11.3 Å². The zero-order chi connectivity index (χ0) is 15.7. The molecule has 1 heterocycles. The lowest BCUT2D eigenvalue weighted by Gasteiger charge is -2.06. The Morgan fingerprint density at radius 3 is 2.82 bits per heavy atom. The molecule has 1 N–H and O–H groups in total. The third kappa shape index (κ3) is 2.90. The first-order valence-electron chi connectivity index (χ1n) is 6.38. The second-order valence-corrected chi connectivity index (χ2v) is 6.38. The van der Waals surface area contributed by atoms with Gasteiger partial charge in [-0.05, 0) is 35.9 Å². The molecule has 2 aromatic carbocycles. The standard InChI is InChI=1S/C16H11Cl2NO2S/c1-21-13-8-9(6-10(17)15(13)20)7-11(18)16-19-12-4-2-3-5-14(12)22-16/h2-8,20H,1H3/b11-7-. The Kier molecular flexibility index (Phi) is 4.25. The number of methoxy groups -OCH3 is 1. The molecule has 3 rings (SSSR count). The number of hydrogen-bond acceptors (Lipinski definition) is 4. The minimum atomic E-state index is -0.0857. The van der Waals surface area contributed by atoms with E-state index >= 15 is 0 Å². The number of fused-ring (bicyclic) bond motifs is 1. The molecule has 3 nitrogen and oxygen atoms in total. The van der Waals surface area contributed by atoms with Crippen LogP contribution in [0.4, 0.5) is 0 Å². The van der Waals surface area contributed by atoms with E-state index in [0.717, 1.165) is 20.8 Å².